The van der Waals surface area contributed by atoms with Crippen molar-refractivity contribution in [3.8, 4) is 0 Å². The minimum Gasteiger partial charge on any atom is -0.389 e. The SMILES string of the molecule is C[C@H]1C2Cc3ccc(C(N)=S)cc3[C@@]1(C)CCN2CC1CC1. The van der Waals surface area contributed by atoms with Crippen LogP contribution in [0, 0.1) is 11.8 Å². The Bertz CT molecular complexity index is 622. The van der Waals surface area contributed by atoms with E-state index in [-0.39, 0.29) is 5.41 Å². The summed E-state index contributed by atoms with van der Waals surface area (Å²) in [5, 5.41) is 0. The molecule has 1 aliphatic heterocycles. The number of nitrogens with zero attached hydrogens (tertiary/aromatic N) is 1. The first-order valence-electron chi connectivity index (χ1n) is 8.66. The van der Waals surface area contributed by atoms with Crippen LogP contribution in [0.4, 0.5) is 0 Å². The van der Waals surface area contributed by atoms with Crippen molar-refractivity contribution in [2.24, 2.45) is 17.6 Å². The summed E-state index contributed by atoms with van der Waals surface area (Å²) >= 11 is 5.19. The average molecular weight is 314 g/mol. The predicted octanol–water partition coefficient (Wildman–Crippen LogP) is 3.26. The maximum Gasteiger partial charge on any atom is 0.103 e. The molecule has 1 heterocycles. The van der Waals surface area contributed by atoms with E-state index in [0.29, 0.717) is 16.9 Å². The molecule has 1 saturated carbocycles. The number of fused-ring (bicyclic) bond motifs is 4. The Hall–Kier alpha value is -0.930. The lowest BCUT2D eigenvalue weighted by Crippen LogP contribution is -2.58. The molecule has 1 saturated heterocycles. The molecule has 118 valence electrons. The van der Waals surface area contributed by atoms with Gasteiger partial charge in [-0.1, -0.05) is 38.2 Å². The van der Waals surface area contributed by atoms with Gasteiger partial charge in [0.2, 0.25) is 0 Å². The van der Waals surface area contributed by atoms with Gasteiger partial charge in [-0.15, -0.1) is 0 Å². The molecule has 2 fully saturated rings. The Morgan fingerprint density at radius 1 is 1.41 bits per heavy atom. The largest absolute Gasteiger partial charge is 0.389 e. The Balaban J connectivity index is 1.72. The van der Waals surface area contributed by atoms with Crippen molar-refractivity contribution in [1.82, 2.24) is 4.90 Å². The van der Waals surface area contributed by atoms with Gasteiger partial charge in [0.15, 0.2) is 0 Å². The van der Waals surface area contributed by atoms with Crippen LogP contribution in [0.2, 0.25) is 0 Å². The molecular formula is C19H26N2S. The first-order valence-corrected chi connectivity index (χ1v) is 9.07. The van der Waals surface area contributed by atoms with Gasteiger partial charge < -0.3 is 5.73 Å². The third-order valence-corrected chi connectivity index (χ3v) is 6.83. The monoisotopic (exact) mass is 314 g/mol. The normalized spacial score (nSPS) is 34.3. The molecule has 1 unspecified atom stereocenters. The van der Waals surface area contributed by atoms with Crippen molar-refractivity contribution in [3.63, 3.8) is 0 Å². The number of thiocarbonyl (C=S) groups is 1. The number of rotatable bonds is 3. The minimum atomic E-state index is 0.277. The smallest absolute Gasteiger partial charge is 0.103 e. The highest BCUT2D eigenvalue weighted by Crippen LogP contribution is 2.49. The van der Waals surface area contributed by atoms with E-state index in [1.807, 2.05) is 0 Å². The van der Waals surface area contributed by atoms with Crippen molar-refractivity contribution < 1.29 is 0 Å². The first kappa shape index (κ1) is 14.6. The maximum absolute atomic E-state index is 5.86. The van der Waals surface area contributed by atoms with Crippen molar-refractivity contribution in [2.45, 2.75) is 51.0 Å². The van der Waals surface area contributed by atoms with Gasteiger partial charge in [-0.2, -0.15) is 0 Å². The van der Waals surface area contributed by atoms with E-state index in [1.54, 1.807) is 0 Å². The molecular weight excluding hydrogens is 288 g/mol. The summed E-state index contributed by atoms with van der Waals surface area (Å²) in [6.07, 6.45) is 5.34. The van der Waals surface area contributed by atoms with Gasteiger partial charge in [-0.3, -0.25) is 4.90 Å². The second kappa shape index (κ2) is 5.04. The van der Waals surface area contributed by atoms with E-state index in [0.717, 1.165) is 11.5 Å². The summed E-state index contributed by atoms with van der Waals surface area (Å²) in [7, 11) is 0. The molecule has 3 aliphatic rings. The first-order chi connectivity index (χ1) is 10.5. The predicted molar refractivity (Wildman–Crippen MR) is 95.3 cm³/mol. The van der Waals surface area contributed by atoms with Gasteiger partial charge in [0.25, 0.3) is 0 Å². The molecule has 3 atom stereocenters. The van der Waals surface area contributed by atoms with Gasteiger partial charge in [0.05, 0.1) is 0 Å². The molecule has 2 N–H and O–H groups in total. The molecule has 0 radical (unpaired) electrons. The molecule has 0 spiro atoms. The van der Waals surface area contributed by atoms with Crippen molar-refractivity contribution >= 4 is 17.2 Å². The molecule has 0 aromatic heterocycles. The zero-order chi connectivity index (χ0) is 15.5. The Morgan fingerprint density at radius 2 is 2.18 bits per heavy atom. The van der Waals surface area contributed by atoms with Gasteiger partial charge in [0.1, 0.15) is 4.99 Å². The molecule has 1 aromatic rings. The quantitative estimate of drug-likeness (QED) is 0.868. The van der Waals surface area contributed by atoms with Gasteiger partial charge in [0, 0.05) is 18.2 Å². The molecule has 2 aliphatic carbocycles. The van der Waals surface area contributed by atoms with Crippen LogP contribution in [-0.2, 0) is 11.8 Å². The van der Waals surface area contributed by atoms with E-state index >= 15 is 0 Å². The third kappa shape index (κ3) is 2.21. The van der Waals surface area contributed by atoms with Crippen molar-refractivity contribution in [1.29, 1.82) is 0 Å². The third-order valence-electron chi connectivity index (χ3n) is 6.60. The van der Waals surface area contributed by atoms with Gasteiger partial charge in [-0.25, -0.2) is 0 Å². The molecule has 2 bridgehead atoms. The van der Waals surface area contributed by atoms with Gasteiger partial charge >= 0.3 is 0 Å². The lowest BCUT2D eigenvalue weighted by molar-refractivity contribution is 0.0284. The highest BCUT2D eigenvalue weighted by molar-refractivity contribution is 7.80. The lowest BCUT2D eigenvalue weighted by Gasteiger charge is -2.55. The fourth-order valence-corrected chi connectivity index (χ4v) is 4.85. The van der Waals surface area contributed by atoms with E-state index in [9.17, 15) is 0 Å². The van der Waals surface area contributed by atoms with E-state index in [1.165, 1.54) is 49.9 Å². The summed E-state index contributed by atoms with van der Waals surface area (Å²) in [4.78, 5) is 3.31. The van der Waals surface area contributed by atoms with Crippen LogP contribution in [0.1, 0.15) is 49.8 Å². The van der Waals surface area contributed by atoms with Gasteiger partial charge in [-0.05, 0) is 66.7 Å². The highest BCUT2D eigenvalue weighted by atomic mass is 32.1. The van der Waals surface area contributed by atoms with Crippen LogP contribution >= 0.6 is 12.2 Å². The molecule has 0 amide bonds. The number of nitrogens with two attached hydrogens (primary N) is 1. The lowest BCUT2D eigenvalue weighted by atomic mass is 9.59. The highest BCUT2D eigenvalue weighted by Gasteiger charge is 2.48. The van der Waals surface area contributed by atoms with Crippen LogP contribution in [-0.4, -0.2) is 29.0 Å². The Kier molecular flexibility index (Phi) is 3.35. The van der Waals surface area contributed by atoms with Crippen LogP contribution < -0.4 is 5.73 Å². The van der Waals surface area contributed by atoms with Crippen LogP contribution in [0.3, 0.4) is 0 Å². The van der Waals surface area contributed by atoms with Crippen LogP contribution in [0.5, 0.6) is 0 Å². The average Bonchev–Trinajstić information content (AvgIpc) is 3.29. The summed E-state index contributed by atoms with van der Waals surface area (Å²) in [6, 6.07) is 7.38. The van der Waals surface area contributed by atoms with Crippen LogP contribution in [0.15, 0.2) is 18.2 Å². The summed E-state index contributed by atoms with van der Waals surface area (Å²) in [5.41, 5.74) is 10.2. The van der Waals surface area contributed by atoms with Crippen LogP contribution in [0.25, 0.3) is 0 Å². The summed E-state index contributed by atoms with van der Waals surface area (Å²) in [6.45, 7) is 7.49. The van der Waals surface area contributed by atoms with Crippen molar-refractivity contribution in [3.05, 3.63) is 34.9 Å². The second-order valence-corrected chi connectivity index (χ2v) is 8.34. The Morgan fingerprint density at radius 3 is 2.86 bits per heavy atom. The number of hydrogen-bond donors (Lipinski definition) is 1. The summed E-state index contributed by atoms with van der Waals surface area (Å²) in [5.74, 6) is 1.68. The summed E-state index contributed by atoms with van der Waals surface area (Å²) < 4.78 is 0. The number of likely N-dealkylation sites (tertiary alicyclic amines) is 1. The zero-order valence-corrected chi connectivity index (χ0v) is 14.5. The van der Waals surface area contributed by atoms with Crippen molar-refractivity contribution in [2.75, 3.05) is 13.1 Å². The molecule has 1 aromatic carbocycles. The number of piperidine rings is 1. The molecule has 22 heavy (non-hydrogen) atoms. The number of hydrogen-bond acceptors (Lipinski definition) is 2. The topological polar surface area (TPSA) is 29.3 Å². The minimum absolute atomic E-state index is 0.277. The number of benzene rings is 1. The standard InChI is InChI=1S/C19H26N2S/c1-12-17-10-14-5-6-15(18(20)22)9-16(14)19(12,2)7-8-21(17)11-13-3-4-13/h5-6,9,12-13,17H,3-4,7-8,10-11H2,1-2H3,(H2,20,22)/t12-,17?,19-/m0/s1. The Labute approximate surface area is 139 Å². The maximum atomic E-state index is 5.86. The fraction of sp³-hybridized carbons (Fsp3) is 0.632. The zero-order valence-electron chi connectivity index (χ0n) is 13.6. The van der Waals surface area contributed by atoms with E-state index in [2.05, 4.69) is 36.9 Å². The molecule has 2 nitrogen and oxygen atoms in total. The second-order valence-electron chi connectivity index (χ2n) is 7.90. The molecule has 3 heteroatoms. The molecule has 4 rings (SSSR count). The van der Waals surface area contributed by atoms with E-state index in [4.69, 9.17) is 18.0 Å². The fourth-order valence-electron chi connectivity index (χ4n) is 4.72. The van der Waals surface area contributed by atoms with E-state index < -0.39 is 0 Å².